The van der Waals surface area contributed by atoms with Crippen LogP contribution in [0.15, 0.2) is 5.16 Å². The highest BCUT2D eigenvalue weighted by molar-refractivity contribution is 5.88. The summed E-state index contributed by atoms with van der Waals surface area (Å²) in [4.78, 5) is 12.6. The predicted molar refractivity (Wildman–Crippen MR) is 110 cm³/mol. The molecule has 0 bridgehead atoms. The van der Waals surface area contributed by atoms with Crippen LogP contribution in [0.25, 0.3) is 0 Å². The molecular weight excluding hydrogens is 394 g/mol. The van der Waals surface area contributed by atoms with Crippen LogP contribution in [-0.2, 0) is 9.53 Å². The molecule has 9 nitrogen and oxygen atoms in total. The van der Waals surface area contributed by atoms with Gasteiger partial charge >= 0.3 is 5.97 Å². The Kier molecular flexibility index (Phi) is 8.84. The largest absolute Gasteiger partial charge is 0.459 e. The molecule has 1 aliphatic rings. The number of rotatable bonds is 1. The van der Waals surface area contributed by atoms with E-state index in [1.54, 1.807) is 20.8 Å². The number of carbonyl (C=O) groups excluding carboxylic acids is 1. The lowest BCUT2D eigenvalue weighted by Crippen LogP contribution is -2.57. The SMILES string of the molecule is CC[C@@H]1OC(=O)[C@@H](C)[C@@H](O)[C@@H](C)[C@@H](O)[C@](C)(O)C[C@@H](C)/C(=N/O)[C@@H](C)[C@@H](O)[C@@]1(C)O. The standard InChI is InChI=1S/C21H39NO8/c1-8-14-21(7,28)18(25)11(3)15(22-29)10(2)9-20(6,27)17(24)12(4)16(23)13(5)19(26)30-14/h10-14,16-18,23-25,27-29H,8-9H2,1-7H3/b22-15-/t10-,11-,12-,13+,14+,16+,17-,18-,20-,21+/m1/s1. The van der Waals surface area contributed by atoms with Crippen LogP contribution >= 0.6 is 0 Å². The van der Waals surface area contributed by atoms with Gasteiger partial charge in [-0.2, -0.15) is 0 Å². The average molecular weight is 434 g/mol. The smallest absolute Gasteiger partial charge is 0.311 e. The van der Waals surface area contributed by atoms with Crippen molar-refractivity contribution in [1.82, 2.24) is 0 Å². The van der Waals surface area contributed by atoms with Gasteiger partial charge in [0.1, 0.15) is 11.7 Å². The molecule has 0 aliphatic carbocycles. The van der Waals surface area contributed by atoms with Crippen LogP contribution in [0.3, 0.4) is 0 Å². The van der Waals surface area contributed by atoms with Crippen molar-refractivity contribution in [1.29, 1.82) is 0 Å². The van der Waals surface area contributed by atoms with Crippen LogP contribution in [0.1, 0.15) is 61.3 Å². The molecule has 1 fully saturated rings. The van der Waals surface area contributed by atoms with E-state index in [9.17, 15) is 35.5 Å². The van der Waals surface area contributed by atoms with Gasteiger partial charge in [-0.15, -0.1) is 0 Å². The molecule has 1 rings (SSSR count). The Bertz CT molecular complexity index is 620. The first kappa shape index (κ1) is 26.8. The van der Waals surface area contributed by atoms with Crippen LogP contribution in [-0.4, -0.2) is 78.0 Å². The maximum Gasteiger partial charge on any atom is 0.311 e. The van der Waals surface area contributed by atoms with Crippen LogP contribution in [0.4, 0.5) is 0 Å². The van der Waals surface area contributed by atoms with Gasteiger partial charge in [0.15, 0.2) is 0 Å². The van der Waals surface area contributed by atoms with E-state index in [4.69, 9.17) is 4.74 Å². The summed E-state index contributed by atoms with van der Waals surface area (Å²) in [6.07, 6.45) is -5.11. The second-order valence-electron chi connectivity index (χ2n) is 9.36. The highest BCUT2D eigenvalue weighted by Crippen LogP contribution is 2.34. The third-order valence-electron chi connectivity index (χ3n) is 6.72. The van der Waals surface area contributed by atoms with E-state index in [2.05, 4.69) is 5.16 Å². The Labute approximate surface area is 178 Å². The molecule has 30 heavy (non-hydrogen) atoms. The normalized spacial score (nSPS) is 48.8. The number of ether oxygens (including phenoxy) is 1. The van der Waals surface area contributed by atoms with Gasteiger partial charge in [-0.25, -0.2) is 0 Å². The summed E-state index contributed by atoms with van der Waals surface area (Å²) in [6, 6.07) is 0. The Morgan fingerprint density at radius 2 is 1.57 bits per heavy atom. The molecule has 0 radical (unpaired) electrons. The second kappa shape index (κ2) is 9.91. The molecule has 6 N–H and O–H groups in total. The minimum atomic E-state index is -1.87. The van der Waals surface area contributed by atoms with Crippen molar-refractivity contribution in [3.05, 3.63) is 0 Å². The zero-order chi connectivity index (χ0) is 23.6. The minimum Gasteiger partial charge on any atom is -0.459 e. The number of cyclic esters (lactones) is 1. The summed E-state index contributed by atoms with van der Waals surface area (Å²) in [5.74, 6) is -4.14. The van der Waals surface area contributed by atoms with E-state index in [0.29, 0.717) is 0 Å². The quantitative estimate of drug-likeness (QED) is 0.200. The molecule has 9 heteroatoms. The van der Waals surface area contributed by atoms with E-state index in [-0.39, 0.29) is 18.6 Å². The molecule has 1 saturated heterocycles. The van der Waals surface area contributed by atoms with Gasteiger partial charge in [-0.05, 0) is 33.6 Å². The third-order valence-corrected chi connectivity index (χ3v) is 6.72. The zero-order valence-electron chi connectivity index (χ0n) is 19.0. The van der Waals surface area contributed by atoms with Crippen molar-refractivity contribution in [2.45, 2.75) is 96.9 Å². The molecule has 1 aliphatic heterocycles. The lowest BCUT2D eigenvalue weighted by molar-refractivity contribution is -0.191. The van der Waals surface area contributed by atoms with E-state index in [1.807, 2.05) is 0 Å². The van der Waals surface area contributed by atoms with Crippen molar-refractivity contribution in [2.75, 3.05) is 0 Å². The van der Waals surface area contributed by atoms with Crippen molar-refractivity contribution in [3.8, 4) is 0 Å². The van der Waals surface area contributed by atoms with Crippen LogP contribution in [0.2, 0.25) is 0 Å². The average Bonchev–Trinajstić information content (AvgIpc) is 2.67. The number of aliphatic hydroxyl groups is 5. The number of hydrogen-bond donors (Lipinski definition) is 6. The Hall–Kier alpha value is -1.26. The van der Waals surface area contributed by atoms with Gasteiger partial charge < -0.3 is 35.5 Å². The molecule has 0 saturated carbocycles. The molecule has 0 unspecified atom stereocenters. The summed E-state index contributed by atoms with van der Waals surface area (Å²) in [5.41, 5.74) is -3.44. The molecule has 0 aromatic heterocycles. The molecule has 0 aromatic carbocycles. The monoisotopic (exact) mass is 433 g/mol. The lowest BCUT2D eigenvalue weighted by Gasteiger charge is -2.42. The number of oxime groups is 1. The maximum atomic E-state index is 12.6. The molecule has 0 spiro atoms. The van der Waals surface area contributed by atoms with Crippen LogP contribution in [0.5, 0.6) is 0 Å². The summed E-state index contributed by atoms with van der Waals surface area (Å²) >= 11 is 0. The maximum absolute atomic E-state index is 12.6. The number of hydrogen-bond acceptors (Lipinski definition) is 9. The van der Waals surface area contributed by atoms with Crippen LogP contribution < -0.4 is 0 Å². The molecule has 1 heterocycles. The summed E-state index contributed by atoms with van der Waals surface area (Å²) in [6.45, 7) is 10.6. The Morgan fingerprint density at radius 3 is 2.03 bits per heavy atom. The Balaban J connectivity index is 3.50. The van der Waals surface area contributed by atoms with Crippen molar-refractivity contribution < 1.29 is 40.3 Å². The molecular formula is C21H39NO8. The fourth-order valence-electron chi connectivity index (χ4n) is 4.55. The molecule has 0 amide bonds. The van der Waals surface area contributed by atoms with Crippen molar-refractivity contribution in [3.63, 3.8) is 0 Å². The summed E-state index contributed by atoms with van der Waals surface area (Å²) < 4.78 is 5.44. The van der Waals surface area contributed by atoms with Gasteiger partial charge in [0, 0.05) is 17.8 Å². The fraction of sp³-hybridized carbons (Fsp3) is 0.905. The zero-order valence-corrected chi connectivity index (χ0v) is 19.0. The number of esters is 1. The highest BCUT2D eigenvalue weighted by Gasteiger charge is 2.48. The van der Waals surface area contributed by atoms with Gasteiger partial charge in [-0.1, -0.05) is 32.9 Å². The fourth-order valence-corrected chi connectivity index (χ4v) is 4.55. The van der Waals surface area contributed by atoms with Crippen LogP contribution in [0, 0.1) is 23.7 Å². The van der Waals surface area contributed by atoms with E-state index in [0.717, 1.165) is 0 Å². The third kappa shape index (κ3) is 5.31. The predicted octanol–water partition coefficient (Wildman–Crippen LogP) is 0.671. The second-order valence-corrected chi connectivity index (χ2v) is 9.36. The van der Waals surface area contributed by atoms with Gasteiger partial charge in [-0.3, -0.25) is 4.79 Å². The summed E-state index contributed by atoms with van der Waals surface area (Å²) in [7, 11) is 0. The first-order chi connectivity index (χ1) is 13.6. The number of carbonyl (C=O) groups is 1. The topological polar surface area (TPSA) is 160 Å². The summed E-state index contributed by atoms with van der Waals surface area (Å²) in [5, 5.41) is 67.0. The minimum absolute atomic E-state index is 0.0418. The van der Waals surface area contributed by atoms with E-state index >= 15 is 0 Å². The molecule has 176 valence electrons. The van der Waals surface area contributed by atoms with Crippen molar-refractivity contribution >= 4 is 11.7 Å². The van der Waals surface area contributed by atoms with E-state index in [1.165, 1.54) is 27.7 Å². The molecule has 0 aromatic rings. The molecule has 10 atom stereocenters. The van der Waals surface area contributed by atoms with Gasteiger partial charge in [0.05, 0.1) is 35.5 Å². The first-order valence-electron chi connectivity index (χ1n) is 10.5. The highest BCUT2D eigenvalue weighted by atomic mass is 16.6. The van der Waals surface area contributed by atoms with Gasteiger partial charge in [0.2, 0.25) is 0 Å². The van der Waals surface area contributed by atoms with Crippen molar-refractivity contribution in [2.24, 2.45) is 28.8 Å². The Morgan fingerprint density at radius 1 is 1.03 bits per heavy atom. The van der Waals surface area contributed by atoms with Gasteiger partial charge in [0.25, 0.3) is 0 Å². The lowest BCUT2D eigenvalue weighted by atomic mass is 9.74. The number of nitrogens with zero attached hydrogens (tertiary/aromatic N) is 1. The number of aliphatic hydroxyl groups excluding tert-OH is 3. The first-order valence-corrected chi connectivity index (χ1v) is 10.5. The van der Waals surface area contributed by atoms with E-state index < -0.39 is 65.3 Å².